The maximum Gasteiger partial charge on any atom is 0.328 e. The van der Waals surface area contributed by atoms with Crippen LogP contribution < -0.4 is 20.3 Å². The van der Waals surface area contributed by atoms with Gasteiger partial charge in [-0.25, -0.2) is 9.10 Å². The molecule has 0 radical (unpaired) electrons. The van der Waals surface area contributed by atoms with Gasteiger partial charge in [0.2, 0.25) is 5.91 Å². The molecule has 41 heavy (non-hydrogen) atoms. The number of aliphatic carboxylic acids is 1. The number of methoxy groups -OCH3 is 1. The molecule has 0 spiro atoms. The van der Waals surface area contributed by atoms with Crippen molar-refractivity contribution in [1.82, 2.24) is 9.62 Å². The van der Waals surface area contributed by atoms with Crippen molar-refractivity contribution in [3.05, 3.63) is 53.1 Å². The van der Waals surface area contributed by atoms with Gasteiger partial charge in [0, 0.05) is 47.7 Å². The Bertz CT molecular complexity index is 1370. The van der Waals surface area contributed by atoms with E-state index in [1.54, 1.807) is 37.3 Å². The predicted molar refractivity (Wildman–Crippen MR) is 152 cm³/mol. The van der Waals surface area contributed by atoms with Crippen LogP contribution >= 0.6 is 0 Å². The molecular formula is C28H35N4O8S-. The Kier molecular flexibility index (Phi) is 9.57. The largest absolute Gasteiger partial charge is 0.760 e. The molecule has 2 unspecified atom stereocenters. The summed E-state index contributed by atoms with van der Waals surface area (Å²) in [7, 11) is 1.45. The zero-order valence-corrected chi connectivity index (χ0v) is 24.7. The molecule has 3 rings (SSSR count). The summed E-state index contributed by atoms with van der Waals surface area (Å²) in [5.74, 6) is -1.80. The first-order chi connectivity index (χ1) is 19.1. The predicted octanol–water partition coefficient (Wildman–Crippen LogP) is 3.54. The van der Waals surface area contributed by atoms with Gasteiger partial charge in [-0.05, 0) is 48.6 Å². The number of carbonyl (C=O) groups is 4. The number of anilines is 2. The number of carbonyl (C=O) groups excluding carboxylic acids is 3. The van der Waals surface area contributed by atoms with Gasteiger partial charge in [0.25, 0.3) is 5.91 Å². The van der Waals surface area contributed by atoms with Crippen molar-refractivity contribution in [2.75, 3.05) is 23.9 Å². The highest BCUT2D eigenvalue weighted by Crippen LogP contribution is 2.38. The lowest BCUT2D eigenvalue weighted by atomic mass is 9.84. The number of urea groups is 1. The van der Waals surface area contributed by atoms with Gasteiger partial charge >= 0.3 is 12.0 Å². The number of carboxylic acids is 1. The SMILES string of the molecule is CCC(C)(C(=O)O)N(Cc1ccc(NC(=O)c2cc(N3CCC(=O)NC3=O)cc(C(C)(C)C)c2OC)cc1)S(=O)[O-]. The fourth-order valence-electron chi connectivity index (χ4n) is 4.41. The van der Waals surface area contributed by atoms with Gasteiger partial charge in [-0.2, -0.15) is 0 Å². The lowest BCUT2D eigenvalue weighted by Gasteiger charge is -2.38. The summed E-state index contributed by atoms with van der Waals surface area (Å²) in [6.07, 6.45) is 0.190. The molecule has 1 aliphatic rings. The van der Waals surface area contributed by atoms with E-state index in [4.69, 9.17) is 4.74 Å². The van der Waals surface area contributed by atoms with E-state index in [2.05, 4.69) is 10.6 Å². The van der Waals surface area contributed by atoms with Gasteiger partial charge in [-0.3, -0.25) is 28.8 Å². The molecule has 1 fully saturated rings. The van der Waals surface area contributed by atoms with Crippen LogP contribution in [0.3, 0.4) is 0 Å². The summed E-state index contributed by atoms with van der Waals surface area (Å²) in [5, 5.41) is 14.7. The number of hydrogen-bond donors (Lipinski definition) is 3. The Morgan fingerprint density at radius 1 is 1.17 bits per heavy atom. The van der Waals surface area contributed by atoms with Crippen molar-refractivity contribution in [2.45, 2.75) is 65.0 Å². The normalized spacial score (nSPS) is 16.1. The van der Waals surface area contributed by atoms with Crippen LogP contribution in [-0.4, -0.2) is 61.2 Å². The van der Waals surface area contributed by atoms with Crippen LogP contribution in [0.4, 0.5) is 16.2 Å². The summed E-state index contributed by atoms with van der Waals surface area (Å²) < 4.78 is 30.3. The Hall–Kier alpha value is -3.81. The quantitative estimate of drug-likeness (QED) is 0.355. The van der Waals surface area contributed by atoms with Crippen LogP contribution in [0.2, 0.25) is 0 Å². The molecule has 0 aromatic heterocycles. The van der Waals surface area contributed by atoms with E-state index in [-0.39, 0.29) is 37.4 Å². The Morgan fingerprint density at radius 2 is 1.80 bits per heavy atom. The topological polar surface area (TPSA) is 168 Å². The number of carboxylic acid groups (broad SMARTS) is 1. The van der Waals surface area contributed by atoms with Crippen molar-refractivity contribution in [3.63, 3.8) is 0 Å². The highest BCUT2D eigenvalue weighted by molar-refractivity contribution is 7.76. The molecule has 1 aliphatic heterocycles. The highest BCUT2D eigenvalue weighted by Gasteiger charge is 2.39. The van der Waals surface area contributed by atoms with Crippen LogP contribution in [0.5, 0.6) is 5.75 Å². The number of ether oxygens (including phenoxy) is 1. The lowest BCUT2D eigenvalue weighted by Crippen LogP contribution is -2.52. The number of nitrogens with zero attached hydrogens (tertiary/aromatic N) is 2. The molecule has 1 heterocycles. The van der Waals surface area contributed by atoms with Crippen LogP contribution in [0.1, 0.15) is 68.9 Å². The van der Waals surface area contributed by atoms with E-state index in [9.17, 15) is 33.0 Å². The minimum atomic E-state index is -2.79. The molecule has 13 heteroatoms. The third-order valence-electron chi connectivity index (χ3n) is 7.11. The van der Waals surface area contributed by atoms with Crippen LogP contribution in [0, 0.1) is 0 Å². The molecule has 222 valence electrons. The third kappa shape index (κ3) is 6.92. The van der Waals surface area contributed by atoms with Crippen molar-refractivity contribution >= 4 is 46.5 Å². The minimum absolute atomic E-state index is 0.0668. The minimum Gasteiger partial charge on any atom is -0.760 e. The molecule has 12 nitrogen and oxygen atoms in total. The average molecular weight is 588 g/mol. The number of rotatable bonds is 10. The van der Waals surface area contributed by atoms with Crippen LogP contribution in [0.15, 0.2) is 36.4 Å². The Labute approximate surface area is 241 Å². The zero-order valence-electron chi connectivity index (χ0n) is 23.9. The smallest absolute Gasteiger partial charge is 0.328 e. The van der Waals surface area contributed by atoms with E-state index in [1.807, 2.05) is 20.8 Å². The molecule has 3 N–H and O–H groups in total. The fourth-order valence-corrected chi connectivity index (χ4v) is 5.20. The highest BCUT2D eigenvalue weighted by atomic mass is 32.2. The molecule has 0 aliphatic carbocycles. The number of benzene rings is 2. The van der Waals surface area contributed by atoms with Crippen molar-refractivity contribution < 1.29 is 37.8 Å². The summed E-state index contributed by atoms with van der Waals surface area (Å²) >= 11 is -2.79. The standard InChI is InChI=1S/C28H36N4O8S/c1-7-28(5,25(35)36)32(41(38)39)16-17-8-10-18(11-9-17)29-24(34)20-14-19(31-13-12-22(33)30-26(31)37)15-21(23(20)40-6)27(2,3)4/h8-11,14-15H,7,12-13,16H2,1-6H3,(H,29,34)(H,35,36)(H,38,39)(H,30,33,37)/p-1. The van der Waals surface area contributed by atoms with Gasteiger partial charge in [-0.1, -0.05) is 39.8 Å². The second-order valence-electron chi connectivity index (χ2n) is 10.9. The van der Waals surface area contributed by atoms with Crippen molar-refractivity contribution in [1.29, 1.82) is 0 Å². The first kappa shape index (κ1) is 31.7. The molecule has 2 aromatic rings. The third-order valence-corrected chi connectivity index (χ3v) is 8.01. The molecule has 0 bridgehead atoms. The molecule has 0 saturated carbocycles. The summed E-state index contributed by atoms with van der Waals surface area (Å²) in [6, 6.07) is 9.07. The maximum absolute atomic E-state index is 13.5. The van der Waals surface area contributed by atoms with E-state index < -0.39 is 40.1 Å². The molecule has 2 atom stereocenters. The van der Waals surface area contributed by atoms with Gasteiger partial charge in [0.1, 0.15) is 11.3 Å². The second kappa shape index (κ2) is 12.4. The summed E-state index contributed by atoms with van der Waals surface area (Å²) in [6.45, 7) is 8.76. The summed E-state index contributed by atoms with van der Waals surface area (Å²) in [4.78, 5) is 50.9. The Morgan fingerprint density at radius 3 is 2.29 bits per heavy atom. The average Bonchev–Trinajstić information content (AvgIpc) is 2.90. The first-order valence-corrected chi connectivity index (χ1v) is 14.0. The van der Waals surface area contributed by atoms with Crippen LogP contribution in [0.25, 0.3) is 0 Å². The van der Waals surface area contributed by atoms with Crippen LogP contribution in [-0.2, 0) is 32.8 Å². The number of nitrogens with one attached hydrogen (secondary N) is 2. The van der Waals surface area contributed by atoms with Gasteiger partial charge in [-0.15, -0.1) is 0 Å². The molecular weight excluding hydrogens is 552 g/mol. The van der Waals surface area contributed by atoms with Gasteiger partial charge in [0.15, 0.2) is 0 Å². The number of imide groups is 1. The lowest BCUT2D eigenvalue weighted by molar-refractivity contribution is -0.148. The second-order valence-corrected chi connectivity index (χ2v) is 11.8. The van der Waals surface area contributed by atoms with Gasteiger partial charge in [0.05, 0.1) is 12.7 Å². The molecule has 4 amide bonds. The molecule has 1 saturated heterocycles. The van der Waals surface area contributed by atoms with E-state index in [0.717, 1.165) is 4.31 Å². The Balaban J connectivity index is 1.92. The number of amides is 4. The summed E-state index contributed by atoms with van der Waals surface area (Å²) in [5.41, 5.74) is 0.137. The monoisotopic (exact) mass is 587 g/mol. The zero-order chi connectivity index (χ0) is 30.7. The maximum atomic E-state index is 13.5. The fraction of sp³-hybridized carbons (Fsp3) is 0.429. The van der Waals surface area contributed by atoms with Crippen molar-refractivity contribution in [2.24, 2.45) is 0 Å². The number of hydrogen-bond acceptors (Lipinski definition) is 7. The van der Waals surface area contributed by atoms with Gasteiger partial charge < -0.3 is 19.7 Å². The van der Waals surface area contributed by atoms with E-state index in [1.165, 1.54) is 25.0 Å². The van der Waals surface area contributed by atoms with E-state index in [0.29, 0.717) is 28.3 Å². The molecule has 2 aromatic carbocycles. The van der Waals surface area contributed by atoms with E-state index >= 15 is 0 Å². The van der Waals surface area contributed by atoms with Crippen molar-refractivity contribution in [3.8, 4) is 5.75 Å². The first-order valence-electron chi connectivity index (χ1n) is 13.0.